The first-order valence-electron chi connectivity index (χ1n) is 8.17. The smallest absolute Gasteiger partial charge is 0.338 e. The molecule has 8 nitrogen and oxygen atoms in total. The van der Waals surface area contributed by atoms with Crippen molar-refractivity contribution < 1.29 is 9.53 Å². The fourth-order valence-corrected chi connectivity index (χ4v) is 2.76. The Labute approximate surface area is 148 Å². The van der Waals surface area contributed by atoms with E-state index in [1.807, 2.05) is 31.2 Å². The number of nitrogen functional groups attached to an aromatic ring is 1. The van der Waals surface area contributed by atoms with Crippen molar-refractivity contribution in [3.8, 4) is 0 Å². The van der Waals surface area contributed by atoms with Crippen LogP contribution in [-0.2, 0) is 17.9 Å². The van der Waals surface area contributed by atoms with E-state index in [0.717, 1.165) is 10.9 Å². The molecule has 0 aliphatic heterocycles. The number of ether oxygens (including phenoxy) is 1. The first-order valence-corrected chi connectivity index (χ1v) is 8.17. The second-order valence-electron chi connectivity index (χ2n) is 5.73. The molecule has 2 aromatic carbocycles. The highest BCUT2D eigenvalue weighted by Crippen LogP contribution is 2.18. The van der Waals surface area contributed by atoms with Crippen molar-refractivity contribution in [2.45, 2.75) is 20.1 Å². The maximum absolute atomic E-state index is 12.3. The number of carbonyl (C=O) groups excluding carboxylic acids is 1. The molecule has 0 bridgehead atoms. The number of nitrogens with zero attached hydrogens (tertiary/aromatic N) is 5. The molecule has 0 saturated heterocycles. The van der Waals surface area contributed by atoms with Gasteiger partial charge in [0.25, 0.3) is 0 Å². The van der Waals surface area contributed by atoms with Gasteiger partial charge >= 0.3 is 5.97 Å². The van der Waals surface area contributed by atoms with Crippen LogP contribution in [0.1, 0.15) is 23.1 Å². The third-order valence-corrected chi connectivity index (χ3v) is 4.06. The molecule has 0 saturated carbocycles. The van der Waals surface area contributed by atoms with Crippen LogP contribution in [0.25, 0.3) is 21.9 Å². The van der Waals surface area contributed by atoms with Crippen LogP contribution in [0.5, 0.6) is 0 Å². The van der Waals surface area contributed by atoms with E-state index in [1.165, 1.54) is 0 Å². The number of para-hydroxylation sites is 1. The van der Waals surface area contributed by atoms with Crippen molar-refractivity contribution in [2.75, 3.05) is 5.73 Å². The van der Waals surface area contributed by atoms with Crippen LogP contribution >= 0.6 is 0 Å². The van der Waals surface area contributed by atoms with E-state index in [-0.39, 0.29) is 6.61 Å². The Balaban J connectivity index is 1.53. The molecule has 2 heterocycles. The quantitative estimate of drug-likeness (QED) is 0.564. The van der Waals surface area contributed by atoms with Crippen molar-refractivity contribution in [1.29, 1.82) is 0 Å². The van der Waals surface area contributed by atoms with Gasteiger partial charge in [-0.15, -0.1) is 5.10 Å². The van der Waals surface area contributed by atoms with Gasteiger partial charge < -0.3 is 10.5 Å². The number of benzene rings is 2. The molecule has 26 heavy (non-hydrogen) atoms. The summed E-state index contributed by atoms with van der Waals surface area (Å²) in [6.45, 7) is 2.63. The van der Waals surface area contributed by atoms with Gasteiger partial charge in [-0.1, -0.05) is 17.3 Å². The summed E-state index contributed by atoms with van der Waals surface area (Å²) in [7, 11) is 0. The van der Waals surface area contributed by atoms with Crippen LogP contribution in [0, 0.1) is 0 Å². The molecule has 2 N–H and O–H groups in total. The number of hydrogen-bond donors (Lipinski definition) is 1. The average molecular weight is 348 g/mol. The molecular weight excluding hydrogens is 332 g/mol. The Kier molecular flexibility index (Phi) is 3.92. The van der Waals surface area contributed by atoms with Gasteiger partial charge in [0, 0.05) is 11.9 Å². The molecule has 130 valence electrons. The van der Waals surface area contributed by atoms with Crippen molar-refractivity contribution in [2.24, 2.45) is 0 Å². The molecular formula is C18H16N6O2. The number of aromatic nitrogens is 5. The van der Waals surface area contributed by atoms with Gasteiger partial charge in [-0.25, -0.2) is 19.4 Å². The summed E-state index contributed by atoms with van der Waals surface area (Å²) in [4.78, 5) is 20.9. The van der Waals surface area contributed by atoms with E-state index in [0.29, 0.717) is 34.8 Å². The van der Waals surface area contributed by atoms with Crippen LogP contribution in [-0.4, -0.2) is 30.9 Å². The maximum atomic E-state index is 12.3. The fourth-order valence-electron chi connectivity index (χ4n) is 2.76. The number of anilines is 1. The predicted octanol–water partition coefficient (Wildman–Crippen LogP) is 2.33. The summed E-state index contributed by atoms with van der Waals surface area (Å²) in [5, 5.41) is 8.86. The fraction of sp³-hybridized carbons (Fsp3) is 0.167. The molecule has 0 aliphatic rings. The van der Waals surface area contributed by atoms with E-state index < -0.39 is 5.97 Å². The summed E-state index contributed by atoms with van der Waals surface area (Å²) in [5.41, 5.74) is 8.57. The van der Waals surface area contributed by atoms with Crippen molar-refractivity contribution in [3.63, 3.8) is 0 Å². The summed E-state index contributed by atoms with van der Waals surface area (Å²) in [5.74, 6) is 0.236. The Morgan fingerprint density at radius 1 is 1.15 bits per heavy atom. The lowest BCUT2D eigenvalue weighted by Crippen LogP contribution is -2.09. The third-order valence-electron chi connectivity index (χ3n) is 4.06. The van der Waals surface area contributed by atoms with E-state index >= 15 is 0 Å². The van der Waals surface area contributed by atoms with Gasteiger partial charge in [0.15, 0.2) is 12.4 Å². The van der Waals surface area contributed by atoms with Crippen LogP contribution in [0.15, 0.2) is 42.5 Å². The number of esters is 1. The molecule has 0 spiro atoms. The largest absolute Gasteiger partial charge is 0.454 e. The monoisotopic (exact) mass is 348 g/mol. The number of rotatable bonds is 4. The number of carbonyl (C=O) groups is 1. The van der Waals surface area contributed by atoms with Crippen LogP contribution in [0.3, 0.4) is 0 Å². The van der Waals surface area contributed by atoms with Gasteiger partial charge in [0.1, 0.15) is 11.3 Å². The Bertz CT molecular complexity index is 1120. The molecule has 2 aromatic heterocycles. The highest BCUT2D eigenvalue weighted by atomic mass is 16.5. The third kappa shape index (κ3) is 2.81. The van der Waals surface area contributed by atoms with E-state index in [2.05, 4.69) is 20.3 Å². The summed E-state index contributed by atoms with van der Waals surface area (Å²) < 4.78 is 7.09. The first-order chi connectivity index (χ1) is 12.7. The second kappa shape index (κ2) is 6.40. The molecule has 0 atom stereocenters. The number of fused-ring (bicyclic) bond motifs is 2. The van der Waals surface area contributed by atoms with Crippen molar-refractivity contribution in [3.05, 3.63) is 53.9 Å². The molecule has 0 amide bonds. The topological polar surface area (TPSA) is 109 Å². The number of aryl methyl sites for hydroxylation is 1. The second-order valence-corrected chi connectivity index (χ2v) is 5.73. The van der Waals surface area contributed by atoms with Gasteiger partial charge in [-0.05, 0) is 37.3 Å². The molecule has 0 unspecified atom stereocenters. The SMILES string of the molecule is CCn1nnc2cc(C(=O)OCc3nc(N)c4ccccc4n3)ccc21. The lowest BCUT2D eigenvalue weighted by atomic mass is 10.2. The van der Waals surface area contributed by atoms with Gasteiger partial charge in [-0.2, -0.15) is 0 Å². The lowest BCUT2D eigenvalue weighted by Gasteiger charge is -2.07. The lowest BCUT2D eigenvalue weighted by molar-refractivity contribution is 0.0463. The summed E-state index contributed by atoms with van der Waals surface area (Å²) in [6, 6.07) is 12.6. The predicted molar refractivity (Wildman–Crippen MR) is 96.3 cm³/mol. The molecule has 4 rings (SSSR count). The molecule has 4 aromatic rings. The zero-order chi connectivity index (χ0) is 18.1. The van der Waals surface area contributed by atoms with E-state index in [9.17, 15) is 4.79 Å². The Morgan fingerprint density at radius 2 is 2.00 bits per heavy atom. The molecule has 0 radical (unpaired) electrons. The minimum Gasteiger partial charge on any atom is -0.454 e. The molecule has 0 fully saturated rings. The number of hydrogen-bond acceptors (Lipinski definition) is 7. The van der Waals surface area contributed by atoms with Gasteiger partial charge in [0.05, 0.1) is 16.6 Å². The maximum Gasteiger partial charge on any atom is 0.338 e. The number of nitrogens with two attached hydrogens (primary N) is 1. The minimum atomic E-state index is -0.478. The standard InChI is InChI=1S/C18H16N6O2/c1-2-24-15-8-7-11(9-14(15)22-23-24)18(25)26-10-16-20-13-6-4-3-5-12(13)17(19)21-16/h3-9H,2,10H2,1H3,(H2,19,20,21). The van der Waals surface area contributed by atoms with Crippen LogP contribution < -0.4 is 5.73 Å². The first kappa shape index (κ1) is 15.9. The van der Waals surface area contributed by atoms with E-state index in [1.54, 1.807) is 22.9 Å². The highest BCUT2D eigenvalue weighted by molar-refractivity contribution is 5.93. The minimum absolute atomic E-state index is 0.0619. The molecule has 8 heteroatoms. The van der Waals surface area contributed by atoms with E-state index in [4.69, 9.17) is 10.5 Å². The summed E-state index contributed by atoms with van der Waals surface area (Å²) >= 11 is 0. The van der Waals surface area contributed by atoms with Crippen molar-refractivity contribution >= 4 is 33.7 Å². The van der Waals surface area contributed by atoms with Gasteiger partial charge in [0.2, 0.25) is 0 Å². The molecule has 0 aliphatic carbocycles. The highest BCUT2D eigenvalue weighted by Gasteiger charge is 2.13. The zero-order valence-corrected chi connectivity index (χ0v) is 14.1. The summed E-state index contributed by atoms with van der Waals surface area (Å²) in [6.07, 6.45) is 0. The van der Waals surface area contributed by atoms with Crippen molar-refractivity contribution in [1.82, 2.24) is 25.0 Å². The van der Waals surface area contributed by atoms with Crippen LogP contribution in [0.4, 0.5) is 5.82 Å². The van der Waals surface area contributed by atoms with Gasteiger partial charge in [-0.3, -0.25) is 0 Å². The van der Waals surface area contributed by atoms with Crippen LogP contribution in [0.2, 0.25) is 0 Å². The zero-order valence-electron chi connectivity index (χ0n) is 14.1. The average Bonchev–Trinajstić information content (AvgIpc) is 3.08. The Morgan fingerprint density at radius 3 is 2.85 bits per heavy atom. The Hall–Kier alpha value is -3.55. The normalized spacial score (nSPS) is 11.1.